The highest BCUT2D eigenvalue weighted by Crippen LogP contribution is 2.21. The quantitative estimate of drug-likeness (QED) is 0.724. The van der Waals surface area contributed by atoms with Crippen molar-refractivity contribution in [1.82, 2.24) is 19.3 Å². The van der Waals surface area contributed by atoms with Crippen LogP contribution in [0.25, 0.3) is 4.96 Å². The summed E-state index contributed by atoms with van der Waals surface area (Å²) >= 11 is 3.20. The normalized spacial score (nSPS) is 16.3. The molecule has 8 heteroatoms. The highest BCUT2D eigenvalue weighted by Gasteiger charge is 2.19. The van der Waals surface area contributed by atoms with E-state index in [1.54, 1.807) is 28.0 Å². The Balaban J connectivity index is 1.43. The van der Waals surface area contributed by atoms with Crippen molar-refractivity contribution in [2.45, 2.75) is 13.5 Å². The van der Waals surface area contributed by atoms with E-state index < -0.39 is 0 Å². The summed E-state index contributed by atoms with van der Waals surface area (Å²) in [6.45, 7) is 6.62. The van der Waals surface area contributed by atoms with E-state index in [2.05, 4.69) is 25.1 Å². The number of anilines is 1. The van der Waals surface area contributed by atoms with E-state index in [1.807, 2.05) is 12.3 Å². The summed E-state index contributed by atoms with van der Waals surface area (Å²) in [5, 5.41) is 5.09. The molecule has 23 heavy (non-hydrogen) atoms. The fourth-order valence-electron chi connectivity index (χ4n) is 2.78. The summed E-state index contributed by atoms with van der Waals surface area (Å²) in [6.07, 6.45) is 1.77. The topological polar surface area (TPSA) is 53.7 Å². The number of fused-ring (bicyclic) bond motifs is 1. The van der Waals surface area contributed by atoms with Gasteiger partial charge in [0, 0.05) is 55.7 Å². The number of hydrogen-bond donors (Lipinski definition) is 0. The minimum Gasteiger partial charge on any atom is -0.346 e. The highest BCUT2D eigenvalue weighted by molar-refractivity contribution is 7.15. The van der Waals surface area contributed by atoms with Crippen LogP contribution in [0.15, 0.2) is 27.8 Å². The Hall–Kier alpha value is -1.77. The summed E-state index contributed by atoms with van der Waals surface area (Å²) in [6, 6.07) is 1.65. The fraction of sp³-hybridized carbons (Fsp3) is 0.400. The van der Waals surface area contributed by atoms with Gasteiger partial charge in [-0.3, -0.25) is 14.1 Å². The Morgan fingerprint density at radius 1 is 1.17 bits per heavy atom. The lowest BCUT2D eigenvalue weighted by molar-refractivity contribution is 0.247. The number of rotatable bonds is 3. The molecule has 120 valence electrons. The van der Waals surface area contributed by atoms with Crippen LogP contribution in [0.4, 0.5) is 5.13 Å². The third-order valence-corrected chi connectivity index (χ3v) is 5.77. The van der Waals surface area contributed by atoms with Crippen LogP contribution in [0.1, 0.15) is 11.4 Å². The average Bonchev–Trinajstić information content (AvgIpc) is 3.17. The van der Waals surface area contributed by atoms with Crippen LogP contribution in [0.5, 0.6) is 0 Å². The minimum atomic E-state index is 0.00291. The Kier molecular flexibility index (Phi) is 3.88. The molecule has 1 aliphatic heterocycles. The molecule has 0 unspecified atom stereocenters. The number of aryl methyl sites for hydroxylation is 1. The molecule has 1 fully saturated rings. The van der Waals surface area contributed by atoms with Gasteiger partial charge >= 0.3 is 0 Å². The van der Waals surface area contributed by atoms with Crippen molar-refractivity contribution in [3.8, 4) is 0 Å². The van der Waals surface area contributed by atoms with Crippen molar-refractivity contribution < 1.29 is 0 Å². The zero-order valence-electron chi connectivity index (χ0n) is 12.8. The van der Waals surface area contributed by atoms with E-state index in [0.29, 0.717) is 0 Å². The first kappa shape index (κ1) is 14.8. The monoisotopic (exact) mass is 347 g/mol. The molecular formula is C15H17N5OS2. The van der Waals surface area contributed by atoms with Gasteiger partial charge in [-0.15, -0.1) is 22.7 Å². The van der Waals surface area contributed by atoms with Gasteiger partial charge in [0.15, 0.2) is 10.1 Å². The third-order valence-electron chi connectivity index (χ3n) is 3.99. The maximum atomic E-state index is 12.0. The molecular weight excluding hydrogens is 330 g/mol. The highest BCUT2D eigenvalue weighted by atomic mass is 32.1. The zero-order valence-corrected chi connectivity index (χ0v) is 14.4. The predicted octanol–water partition coefficient (Wildman–Crippen LogP) is 1.84. The van der Waals surface area contributed by atoms with Gasteiger partial charge < -0.3 is 4.90 Å². The van der Waals surface area contributed by atoms with Crippen LogP contribution in [0.2, 0.25) is 0 Å². The summed E-state index contributed by atoms with van der Waals surface area (Å²) in [7, 11) is 0. The first-order valence-electron chi connectivity index (χ1n) is 7.54. The Labute approximate surface area is 141 Å². The molecule has 0 N–H and O–H groups in total. The summed E-state index contributed by atoms with van der Waals surface area (Å²) in [5.74, 6) is 0. The van der Waals surface area contributed by atoms with Gasteiger partial charge in [-0.25, -0.2) is 9.97 Å². The smallest absolute Gasteiger partial charge is 0.258 e. The molecule has 1 aliphatic rings. The Morgan fingerprint density at radius 3 is 2.74 bits per heavy atom. The molecule has 0 aliphatic carbocycles. The molecule has 0 amide bonds. The number of aromatic nitrogens is 3. The van der Waals surface area contributed by atoms with Crippen LogP contribution in [-0.4, -0.2) is 45.4 Å². The van der Waals surface area contributed by atoms with Gasteiger partial charge in [0.05, 0.1) is 11.4 Å². The maximum absolute atomic E-state index is 12.0. The van der Waals surface area contributed by atoms with E-state index in [-0.39, 0.29) is 5.56 Å². The van der Waals surface area contributed by atoms with Gasteiger partial charge in [0.1, 0.15) is 0 Å². The van der Waals surface area contributed by atoms with Crippen LogP contribution >= 0.6 is 22.7 Å². The third kappa shape index (κ3) is 3.01. The molecule has 0 spiro atoms. The second kappa shape index (κ2) is 6.03. The molecule has 0 saturated carbocycles. The van der Waals surface area contributed by atoms with Crippen molar-refractivity contribution in [3.63, 3.8) is 0 Å². The van der Waals surface area contributed by atoms with Gasteiger partial charge in [0.25, 0.3) is 5.56 Å². The Bertz CT molecular complexity index is 875. The van der Waals surface area contributed by atoms with Gasteiger partial charge in [-0.05, 0) is 6.92 Å². The standard InChI is InChI=1S/C15H17N5OS2/c1-11-10-23-14(16-11)19-4-2-18(3-5-19)9-12-8-13(21)20-6-7-22-15(20)17-12/h6-8,10H,2-5,9H2,1H3. The Morgan fingerprint density at radius 2 is 2.00 bits per heavy atom. The second-order valence-corrected chi connectivity index (χ2v) is 7.39. The summed E-state index contributed by atoms with van der Waals surface area (Å²) < 4.78 is 1.59. The number of hydrogen-bond acceptors (Lipinski definition) is 7. The first-order chi connectivity index (χ1) is 11.2. The predicted molar refractivity (Wildman–Crippen MR) is 93.7 cm³/mol. The molecule has 0 bridgehead atoms. The van der Waals surface area contributed by atoms with Crippen LogP contribution < -0.4 is 10.5 Å². The molecule has 0 aromatic carbocycles. The minimum absolute atomic E-state index is 0.00291. The molecule has 4 rings (SSSR count). The van der Waals surface area contributed by atoms with Crippen LogP contribution in [0.3, 0.4) is 0 Å². The van der Waals surface area contributed by atoms with Crippen molar-refractivity contribution in [3.05, 3.63) is 44.8 Å². The van der Waals surface area contributed by atoms with Gasteiger partial charge in [-0.1, -0.05) is 0 Å². The molecule has 0 atom stereocenters. The van der Waals surface area contributed by atoms with Crippen molar-refractivity contribution in [2.75, 3.05) is 31.1 Å². The average molecular weight is 347 g/mol. The van der Waals surface area contributed by atoms with Gasteiger partial charge in [-0.2, -0.15) is 0 Å². The molecule has 3 aromatic rings. The van der Waals surface area contributed by atoms with E-state index in [9.17, 15) is 4.79 Å². The van der Waals surface area contributed by atoms with Crippen molar-refractivity contribution >= 4 is 32.8 Å². The number of nitrogens with zero attached hydrogens (tertiary/aromatic N) is 5. The number of thiazole rings is 2. The fourth-order valence-corrected chi connectivity index (χ4v) is 4.38. The lowest BCUT2D eigenvalue weighted by atomic mass is 10.3. The lowest BCUT2D eigenvalue weighted by Crippen LogP contribution is -2.46. The summed E-state index contributed by atoms with van der Waals surface area (Å²) in [5.41, 5.74) is 1.94. The van der Waals surface area contributed by atoms with E-state index in [0.717, 1.165) is 54.2 Å². The van der Waals surface area contributed by atoms with E-state index in [1.165, 1.54) is 11.3 Å². The molecule has 4 heterocycles. The van der Waals surface area contributed by atoms with Crippen LogP contribution in [0, 0.1) is 6.92 Å². The first-order valence-corrected chi connectivity index (χ1v) is 9.30. The SMILES string of the molecule is Cc1csc(N2CCN(Cc3cc(=O)n4ccsc4n3)CC2)n1. The maximum Gasteiger partial charge on any atom is 0.258 e. The molecule has 3 aromatic heterocycles. The largest absolute Gasteiger partial charge is 0.346 e. The second-order valence-electron chi connectivity index (χ2n) is 5.68. The van der Waals surface area contributed by atoms with E-state index in [4.69, 9.17) is 0 Å². The van der Waals surface area contributed by atoms with Gasteiger partial charge in [0.2, 0.25) is 0 Å². The molecule has 6 nitrogen and oxygen atoms in total. The number of piperazine rings is 1. The van der Waals surface area contributed by atoms with Crippen LogP contribution in [-0.2, 0) is 6.54 Å². The lowest BCUT2D eigenvalue weighted by Gasteiger charge is -2.34. The zero-order chi connectivity index (χ0) is 15.8. The molecule has 1 saturated heterocycles. The van der Waals surface area contributed by atoms with Crippen molar-refractivity contribution in [2.24, 2.45) is 0 Å². The van der Waals surface area contributed by atoms with Crippen molar-refractivity contribution in [1.29, 1.82) is 0 Å². The molecule has 0 radical (unpaired) electrons. The summed E-state index contributed by atoms with van der Waals surface area (Å²) in [4.78, 5) is 26.6. The van der Waals surface area contributed by atoms with E-state index >= 15 is 0 Å².